The third-order valence-electron chi connectivity index (χ3n) is 2.80. The minimum atomic E-state index is -0.0752. The standard InChI is InChI=1S/C12H15FO/c1-8-5-10(3-4-11-7-14-11)12(13)6-9(8)2/h5-6,11H,3-4,7H2,1-2H3. The van der Waals surface area contributed by atoms with E-state index in [-0.39, 0.29) is 5.82 Å². The van der Waals surface area contributed by atoms with Gasteiger partial charge in [-0.3, -0.25) is 0 Å². The molecule has 0 spiro atoms. The van der Waals surface area contributed by atoms with Crippen molar-refractivity contribution in [3.8, 4) is 0 Å². The van der Waals surface area contributed by atoms with Crippen LogP contribution in [0.15, 0.2) is 12.1 Å². The summed E-state index contributed by atoms with van der Waals surface area (Å²) in [5, 5.41) is 0. The molecule has 1 atom stereocenters. The van der Waals surface area contributed by atoms with E-state index in [1.54, 1.807) is 6.07 Å². The molecule has 1 aromatic carbocycles. The summed E-state index contributed by atoms with van der Waals surface area (Å²) >= 11 is 0. The second kappa shape index (κ2) is 3.70. The van der Waals surface area contributed by atoms with Crippen LogP contribution in [0.2, 0.25) is 0 Å². The summed E-state index contributed by atoms with van der Waals surface area (Å²) in [7, 11) is 0. The Kier molecular flexibility index (Phi) is 2.55. The molecule has 14 heavy (non-hydrogen) atoms. The third kappa shape index (κ3) is 2.13. The highest BCUT2D eigenvalue weighted by Crippen LogP contribution is 2.20. The predicted octanol–water partition coefficient (Wildman–Crippen LogP) is 2.77. The van der Waals surface area contributed by atoms with Crippen molar-refractivity contribution in [2.75, 3.05) is 6.61 Å². The Hall–Kier alpha value is -0.890. The van der Waals surface area contributed by atoms with E-state index in [0.717, 1.165) is 36.1 Å². The normalized spacial score (nSPS) is 19.8. The molecule has 0 saturated carbocycles. The molecule has 2 heteroatoms. The van der Waals surface area contributed by atoms with Gasteiger partial charge in [-0.2, -0.15) is 0 Å². The van der Waals surface area contributed by atoms with Crippen LogP contribution in [-0.2, 0) is 11.2 Å². The molecule has 0 aliphatic carbocycles. The summed E-state index contributed by atoms with van der Waals surface area (Å²) in [5.74, 6) is -0.0752. The number of benzene rings is 1. The molecule has 1 heterocycles. The molecule has 1 saturated heterocycles. The summed E-state index contributed by atoms with van der Waals surface area (Å²) in [5.41, 5.74) is 3.01. The fraction of sp³-hybridized carbons (Fsp3) is 0.500. The van der Waals surface area contributed by atoms with Crippen molar-refractivity contribution in [1.29, 1.82) is 0 Å². The van der Waals surface area contributed by atoms with Crippen LogP contribution < -0.4 is 0 Å². The molecule has 1 aliphatic rings. The molecule has 0 bridgehead atoms. The lowest BCUT2D eigenvalue weighted by Gasteiger charge is -2.06. The van der Waals surface area contributed by atoms with Crippen molar-refractivity contribution in [2.45, 2.75) is 32.8 Å². The monoisotopic (exact) mass is 194 g/mol. The van der Waals surface area contributed by atoms with Crippen LogP contribution in [0, 0.1) is 19.7 Å². The molecule has 76 valence electrons. The number of rotatable bonds is 3. The Morgan fingerprint density at radius 1 is 1.36 bits per heavy atom. The molecule has 1 aliphatic heterocycles. The van der Waals surface area contributed by atoms with E-state index in [0.29, 0.717) is 6.10 Å². The summed E-state index contributed by atoms with van der Waals surface area (Å²) < 4.78 is 18.6. The first-order valence-electron chi connectivity index (χ1n) is 5.04. The molecule has 0 aromatic heterocycles. The van der Waals surface area contributed by atoms with Crippen LogP contribution in [0.25, 0.3) is 0 Å². The number of aryl methyl sites for hydroxylation is 3. The zero-order chi connectivity index (χ0) is 10.1. The van der Waals surface area contributed by atoms with Gasteiger partial charge in [-0.15, -0.1) is 0 Å². The van der Waals surface area contributed by atoms with Gasteiger partial charge in [0.15, 0.2) is 0 Å². The van der Waals surface area contributed by atoms with E-state index >= 15 is 0 Å². The van der Waals surface area contributed by atoms with Gasteiger partial charge >= 0.3 is 0 Å². The highest BCUT2D eigenvalue weighted by Gasteiger charge is 2.22. The summed E-state index contributed by atoms with van der Waals surface area (Å²) in [6, 6.07) is 3.57. The molecule has 0 amide bonds. The smallest absolute Gasteiger partial charge is 0.126 e. The number of hydrogen-bond acceptors (Lipinski definition) is 1. The minimum absolute atomic E-state index is 0.0752. The molecule has 0 radical (unpaired) electrons. The van der Waals surface area contributed by atoms with Crippen molar-refractivity contribution in [3.05, 3.63) is 34.6 Å². The number of ether oxygens (including phenoxy) is 1. The average molecular weight is 194 g/mol. The summed E-state index contributed by atoms with van der Waals surface area (Å²) in [6.45, 7) is 4.81. The Bertz CT molecular complexity index is 342. The van der Waals surface area contributed by atoms with Crippen LogP contribution >= 0.6 is 0 Å². The molecule has 1 aromatic rings. The number of hydrogen-bond donors (Lipinski definition) is 0. The van der Waals surface area contributed by atoms with Crippen LogP contribution in [-0.4, -0.2) is 12.7 Å². The molecular formula is C12H15FO. The Labute approximate surface area is 83.9 Å². The number of epoxide rings is 1. The number of halogens is 1. The molecule has 1 unspecified atom stereocenters. The van der Waals surface area contributed by atoms with Crippen molar-refractivity contribution < 1.29 is 9.13 Å². The minimum Gasteiger partial charge on any atom is -0.373 e. The first-order chi connectivity index (χ1) is 6.66. The topological polar surface area (TPSA) is 12.5 Å². The lowest BCUT2D eigenvalue weighted by Crippen LogP contribution is -1.97. The van der Waals surface area contributed by atoms with Crippen molar-refractivity contribution in [2.24, 2.45) is 0 Å². The van der Waals surface area contributed by atoms with Gasteiger partial charge in [0.2, 0.25) is 0 Å². The fourth-order valence-electron chi connectivity index (χ4n) is 1.58. The van der Waals surface area contributed by atoms with E-state index < -0.39 is 0 Å². The average Bonchev–Trinajstić information content (AvgIpc) is 2.92. The van der Waals surface area contributed by atoms with Gasteiger partial charge in [-0.05, 0) is 49.4 Å². The van der Waals surface area contributed by atoms with Crippen molar-refractivity contribution >= 4 is 0 Å². The zero-order valence-corrected chi connectivity index (χ0v) is 8.64. The molecule has 1 fully saturated rings. The maximum atomic E-state index is 13.5. The van der Waals surface area contributed by atoms with Gasteiger partial charge in [-0.1, -0.05) is 6.07 Å². The van der Waals surface area contributed by atoms with E-state index in [9.17, 15) is 4.39 Å². The molecule has 0 N–H and O–H groups in total. The molecular weight excluding hydrogens is 179 g/mol. The van der Waals surface area contributed by atoms with Crippen LogP contribution in [0.4, 0.5) is 4.39 Å². The molecule has 1 nitrogen and oxygen atoms in total. The highest BCUT2D eigenvalue weighted by atomic mass is 19.1. The van der Waals surface area contributed by atoms with Crippen LogP contribution in [0.3, 0.4) is 0 Å². The lowest BCUT2D eigenvalue weighted by molar-refractivity contribution is 0.395. The highest BCUT2D eigenvalue weighted by molar-refractivity contribution is 5.31. The lowest BCUT2D eigenvalue weighted by atomic mass is 10.0. The Morgan fingerprint density at radius 3 is 2.64 bits per heavy atom. The first kappa shape index (κ1) is 9.66. The Morgan fingerprint density at radius 2 is 2.00 bits per heavy atom. The summed E-state index contributed by atoms with van der Waals surface area (Å²) in [6.07, 6.45) is 2.12. The second-order valence-electron chi connectivity index (χ2n) is 4.02. The van der Waals surface area contributed by atoms with Gasteiger partial charge in [-0.25, -0.2) is 4.39 Å². The maximum Gasteiger partial charge on any atom is 0.126 e. The first-order valence-corrected chi connectivity index (χ1v) is 5.04. The van der Waals surface area contributed by atoms with Crippen molar-refractivity contribution in [3.63, 3.8) is 0 Å². The second-order valence-corrected chi connectivity index (χ2v) is 4.02. The van der Waals surface area contributed by atoms with Crippen LogP contribution in [0.1, 0.15) is 23.1 Å². The third-order valence-corrected chi connectivity index (χ3v) is 2.80. The largest absolute Gasteiger partial charge is 0.373 e. The van der Waals surface area contributed by atoms with E-state index in [2.05, 4.69) is 0 Å². The van der Waals surface area contributed by atoms with E-state index in [4.69, 9.17) is 4.74 Å². The SMILES string of the molecule is Cc1cc(F)c(CCC2CO2)cc1C. The zero-order valence-electron chi connectivity index (χ0n) is 8.64. The maximum absolute atomic E-state index is 13.5. The van der Waals surface area contributed by atoms with Gasteiger partial charge in [0.1, 0.15) is 5.82 Å². The molecule has 2 rings (SSSR count). The van der Waals surface area contributed by atoms with Crippen LogP contribution in [0.5, 0.6) is 0 Å². The van der Waals surface area contributed by atoms with Crippen molar-refractivity contribution in [1.82, 2.24) is 0 Å². The fourth-order valence-corrected chi connectivity index (χ4v) is 1.58. The van der Waals surface area contributed by atoms with Gasteiger partial charge < -0.3 is 4.74 Å². The van der Waals surface area contributed by atoms with E-state index in [1.807, 2.05) is 19.9 Å². The van der Waals surface area contributed by atoms with Gasteiger partial charge in [0.05, 0.1) is 12.7 Å². The van der Waals surface area contributed by atoms with Gasteiger partial charge in [0.25, 0.3) is 0 Å². The van der Waals surface area contributed by atoms with E-state index in [1.165, 1.54) is 0 Å². The quantitative estimate of drug-likeness (QED) is 0.674. The summed E-state index contributed by atoms with van der Waals surface area (Å²) in [4.78, 5) is 0. The van der Waals surface area contributed by atoms with Gasteiger partial charge in [0, 0.05) is 0 Å². The Balaban J connectivity index is 2.10. The predicted molar refractivity (Wildman–Crippen MR) is 53.9 cm³/mol.